The minimum absolute atomic E-state index is 0.292. The van der Waals surface area contributed by atoms with Gasteiger partial charge in [0.15, 0.2) is 0 Å². The average molecular weight is 115 g/mol. The monoisotopic (exact) mass is 115 g/mol. The van der Waals surface area contributed by atoms with Gasteiger partial charge in [0.2, 0.25) is 0 Å². The SMILES string of the molecule is C=CC(COC)NC. The summed E-state index contributed by atoms with van der Waals surface area (Å²) in [6, 6.07) is 0.292. The van der Waals surface area contributed by atoms with Gasteiger partial charge in [-0.1, -0.05) is 6.08 Å². The largest absolute Gasteiger partial charge is 0.383 e. The standard InChI is InChI=1S/C6H13NO/c1-4-6(7-2)5-8-3/h4,6-7H,1,5H2,2-3H3. The molecule has 0 aromatic heterocycles. The van der Waals surface area contributed by atoms with Gasteiger partial charge in [0, 0.05) is 13.2 Å². The summed E-state index contributed by atoms with van der Waals surface area (Å²) in [7, 11) is 3.55. The molecule has 0 aromatic carbocycles. The van der Waals surface area contributed by atoms with Gasteiger partial charge < -0.3 is 10.1 Å². The molecule has 0 amide bonds. The Bertz CT molecular complexity index is 63.5. The highest BCUT2D eigenvalue weighted by Crippen LogP contribution is 1.81. The van der Waals surface area contributed by atoms with E-state index in [0.29, 0.717) is 12.6 Å². The highest BCUT2D eigenvalue weighted by atomic mass is 16.5. The van der Waals surface area contributed by atoms with Gasteiger partial charge in [-0.2, -0.15) is 0 Å². The fourth-order valence-corrected chi connectivity index (χ4v) is 0.449. The molecule has 0 saturated carbocycles. The predicted octanol–water partition coefficient (Wildman–Crippen LogP) is 0.407. The van der Waals surface area contributed by atoms with Crippen LogP contribution in [-0.2, 0) is 4.74 Å². The first-order valence-electron chi connectivity index (χ1n) is 2.64. The maximum absolute atomic E-state index is 4.85. The third kappa shape index (κ3) is 2.77. The highest BCUT2D eigenvalue weighted by molar-refractivity contribution is 4.83. The molecule has 2 nitrogen and oxygen atoms in total. The molecular formula is C6H13NO. The third-order valence-electron chi connectivity index (χ3n) is 1.00. The van der Waals surface area contributed by atoms with E-state index in [2.05, 4.69) is 11.9 Å². The maximum atomic E-state index is 4.85. The Hall–Kier alpha value is -0.340. The molecule has 0 rings (SSSR count). The van der Waals surface area contributed by atoms with E-state index in [-0.39, 0.29) is 0 Å². The first-order valence-corrected chi connectivity index (χ1v) is 2.64. The molecule has 0 fully saturated rings. The Morgan fingerprint density at radius 3 is 2.62 bits per heavy atom. The van der Waals surface area contributed by atoms with Gasteiger partial charge in [-0.3, -0.25) is 0 Å². The van der Waals surface area contributed by atoms with Crippen LogP contribution in [0.3, 0.4) is 0 Å². The van der Waals surface area contributed by atoms with E-state index in [1.165, 1.54) is 0 Å². The summed E-state index contributed by atoms with van der Waals surface area (Å²) in [6.07, 6.45) is 1.82. The molecule has 0 aromatic rings. The second kappa shape index (κ2) is 4.81. The van der Waals surface area contributed by atoms with Crippen LogP contribution in [-0.4, -0.2) is 26.8 Å². The summed E-state index contributed by atoms with van der Waals surface area (Å²) in [5, 5.41) is 3.01. The van der Waals surface area contributed by atoms with Crippen molar-refractivity contribution >= 4 is 0 Å². The van der Waals surface area contributed by atoms with Gasteiger partial charge in [-0.15, -0.1) is 6.58 Å². The van der Waals surface area contributed by atoms with Crippen LogP contribution in [0.15, 0.2) is 12.7 Å². The molecule has 0 aliphatic heterocycles. The first kappa shape index (κ1) is 7.66. The van der Waals surface area contributed by atoms with Crippen molar-refractivity contribution in [1.82, 2.24) is 5.32 Å². The number of likely N-dealkylation sites (N-methyl/N-ethyl adjacent to an activating group) is 1. The summed E-state index contributed by atoms with van der Waals surface area (Å²) >= 11 is 0. The molecule has 0 bridgehead atoms. The minimum atomic E-state index is 0.292. The number of ether oxygens (including phenoxy) is 1. The second-order valence-electron chi connectivity index (χ2n) is 1.59. The Balaban J connectivity index is 3.21. The van der Waals surface area contributed by atoms with Gasteiger partial charge in [0.05, 0.1) is 6.61 Å². The van der Waals surface area contributed by atoms with Crippen molar-refractivity contribution in [2.45, 2.75) is 6.04 Å². The van der Waals surface area contributed by atoms with E-state index in [9.17, 15) is 0 Å². The number of methoxy groups -OCH3 is 1. The van der Waals surface area contributed by atoms with Crippen LogP contribution in [0.1, 0.15) is 0 Å². The van der Waals surface area contributed by atoms with E-state index in [1.807, 2.05) is 13.1 Å². The lowest BCUT2D eigenvalue weighted by Crippen LogP contribution is -2.27. The molecule has 0 aliphatic rings. The van der Waals surface area contributed by atoms with Gasteiger partial charge in [0.25, 0.3) is 0 Å². The number of rotatable bonds is 4. The van der Waals surface area contributed by atoms with Crippen molar-refractivity contribution in [2.24, 2.45) is 0 Å². The van der Waals surface area contributed by atoms with Crippen molar-refractivity contribution in [3.8, 4) is 0 Å². The predicted molar refractivity (Wildman–Crippen MR) is 34.9 cm³/mol. The van der Waals surface area contributed by atoms with E-state index in [1.54, 1.807) is 7.11 Å². The molecule has 0 spiro atoms. The zero-order valence-corrected chi connectivity index (χ0v) is 5.48. The molecule has 8 heavy (non-hydrogen) atoms. The molecule has 0 saturated heterocycles. The number of hydrogen-bond donors (Lipinski definition) is 1. The third-order valence-corrected chi connectivity index (χ3v) is 1.00. The number of hydrogen-bond acceptors (Lipinski definition) is 2. The normalized spacial score (nSPS) is 13.2. The van der Waals surface area contributed by atoms with Gasteiger partial charge in [-0.05, 0) is 7.05 Å². The molecule has 0 aliphatic carbocycles. The Morgan fingerprint density at radius 2 is 2.50 bits per heavy atom. The average Bonchev–Trinajstić information content (AvgIpc) is 1.83. The van der Waals surface area contributed by atoms with Crippen LogP contribution in [0.4, 0.5) is 0 Å². The Labute approximate surface area is 50.5 Å². The highest BCUT2D eigenvalue weighted by Gasteiger charge is 1.95. The van der Waals surface area contributed by atoms with Crippen LogP contribution < -0.4 is 5.32 Å². The fraction of sp³-hybridized carbons (Fsp3) is 0.667. The molecule has 1 unspecified atom stereocenters. The van der Waals surface area contributed by atoms with Crippen LogP contribution in [0, 0.1) is 0 Å². The number of nitrogens with one attached hydrogen (secondary N) is 1. The van der Waals surface area contributed by atoms with Gasteiger partial charge >= 0.3 is 0 Å². The van der Waals surface area contributed by atoms with Crippen molar-refractivity contribution < 1.29 is 4.74 Å². The molecule has 48 valence electrons. The van der Waals surface area contributed by atoms with Crippen LogP contribution in [0.2, 0.25) is 0 Å². The molecule has 0 heterocycles. The molecule has 2 heteroatoms. The van der Waals surface area contributed by atoms with Crippen LogP contribution >= 0.6 is 0 Å². The summed E-state index contributed by atoms with van der Waals surface area (Å²) in [4.78, 5) is 0. The molecular weight excluding hydrogens is 102 g/mol. The van der Waals surface area contributed by atoms with E-state index >= 15 is 0 Å². The van der Waals surface area contributed by atoms with Gasteiger partial charge in [-0.25, -0.2) is 0 Å². The summed E-state index contributed by atoms with van der Waals surface area (Å²) < 4.78 is 4.85. The lowest BCUT2D eigenvalue weighted by atomic mass is 10.3. The molecule has 0 radical (unpaired) electrons. The van der Waals surface area contributed by atoms with Gasteiger partial charge in [0.1, 0.15) is 0 Å². The van der Waals surface area contributed by atoms with Crippen molar-refractivity contribution in [3.63, 3.8) is 0 Å². The molecule has 1 N–H and O–H groups in total. The van der Waals surface area contributed by atoms with E-state index < -0.39 is 0 Å². The van der Waals surface area contributed by atoms with Crippen molar-refractivity contribution in [1.29, 1.82) is 0 Å². The van der Waals surface area contributed by atoms with Crippen LogP contribution in [0.5, 0.6) is 0 Å². The summed E-state index contributed by atoms with van der Waals surface area (Å²) in [6.45, 7) is 4.30. The quantitative estimate of drug-likeness (QED) is 0.536. The topological polar surface area (TPSA) is 21.3 Å². The fourth-order valence-electron chi connectivity index (χ4n) is 0.449. The lowest BCUT2D eigenvalue weighted by Gasteiger charge is -2.07. The van der Waals surface area contributed by atoms with E-state index in [0.717, 1.165) is 0 Å². The summed E-state index contributed by atoms with van der Waals surface area (Å²) in [5.41, 5.74) is 0. The van der Waals surface area contributed by atoms with Crippen LogP contribution in [0.25, 0.3) is 0 Å². The Kier molecular flexibility index (Phi) is 4.61. The van der Waals surface area contributed by atoms with E-state index in [4.69, 9.17) is 4.74 Å². The zero-order valence-electron chi connectivity index (χ0n) is 5.48. The summed E-state index contributed by atoms with van der Waals surface area (Å²) in [5.74, 6) is 0. The smallest absolute Gasteiger partial charge is 0.0651 e. The second-order valence-corrected chi connectivity index (χ2v) is 1.59. The van der Waals surface area contributed by atoms with Crippen molar-refractivity contribution in [3.05, 3.63) is 12.7 Å². The van der Waals surface area contributed by atoms with Crippen molar-refractivity contribution in [2.75, 3.05) is 20.8 Å². The zero-order chi connectivity index (χ0) is 6.41. The minimum Gasteiger partial charge on any atom is -0.383 e. The first-order chi connectivity index (χ1) is 3.85. The Morgan fingerprint density at radius 1 is 1.88 bits per heavy atom. The molecule has 1 atom stereocenters. The maximum Gasteiger partial charge on any atom is 0.0651 e. The lowest BCUT2D eigenvalue weighted by molar-refractivity contribution is 0.183.